The summed E-state index contributed by atoms with van der Waals surface area (Å²) in [4.78, 5) is 0. The zero-order chi connectivity index (χ0) is 10.9. The van der Waals surface area contributed by atoms with Crippen molar-refractivity contribution in [3.8, 4) is 0 Å². The molecule has 0 heterocycles. The van der Waals surface area contributed by atoms with Crippen LogP contribution in [0.3, 0.4) is 0 Å². The van der Waals surface area contributed by atoms with Gasteiger partial charge in [-0.2, -0.15) is 0 Å². The van der Waals surface area contributed by atoms with Gasteiger partial charge in [-0.3, -0.25) is 0 Å². The summed E-state index contributed by atoms with van der Waals surface area (Å²) < 4.78 is 5.82. The number of hydrogen-bond acceptors (Lipinski definition) is 3. The maximum atomic E-state index is 4.42. The second-order valence-electron chi connectivity index (χ2n) is 4.02. The molecule has 0 nitrogen and oxygen atoms in total. The monoisotopic (exact) mass is 360 g/mol. The number of hydrogen-bond donors (Lipinski definition) is 3. The molecule has 0 N–H and O–H groups in total. The molecule has 0 unspecified atom stereocenters. The van der Waals surface area contributed by atoms with Gasteiger partial charge in [-0.15, -0.1) is 0 Å². The summed E-state index contributed by atoms with van der Waals surface area (Å²) in [7, 11) is 0. The molecule has 0 spiro atoms. The Bertz CT molecular complexity index is 114. The standard InChI is InChI=1S/C4H9.3C2H5S.Sn/c1-3-4-2;3*1-2-3;/h1,3-4H2,2H3;3*3H,1-2H2;. The van der Waals surface area contributed by atoms with Crippen LogP contribution in [-0.4, -0.2) is 35.6 Å². The summed E-state index contributed by atoms with van der Waals surface area (Å²) in [5.41, 5.74) is 0. The van der Waals surface area contributed by atoms with Crippen LogP contribution in [0.4, 0.5) is 0 Å². The Hall–Kier alpha value is 1.85. The SMILES string of the molecule is CCC[CH2][Sn]([CH2]CS)([CH2]CS)[CH2]CS. The summed E-state index contributed by atoms with van der Waals surface area (Å²) in [5.74, 6) is 3.25. The Morgan fingerprint density at radius 3 is 1.50 bits per heavy atom. The fraction of sp³-hybridized carbons (Fsp3) is 1.00. The molecule has 0 aliphatic carbocycles. The Balaban J connectivity index is 4.21. The molecule has 4 heteroatoms. The van der Waals surface area contributed by atoms with Gasteiger partial charge in [-0.1, -0.05) is 0 Å². The van der Waals surface area contributed by atoms with Crippen molar-refractivity contribution in [3.05, 3.63) is 0 Å². The van der Waals surface area contributed by atoms with E-state index in [1.165, 1.54) is 30.6 Å². The van der Waals surface area contributed by atoms with Crippen molar-refractivity contribution in [1.82, 2.24) is 0 Å². The van der Waals surface area contributed by atoms with E-state index < -0.39 is 18.4 Å². The third-order valence-corrected chi connectivity index (χ3v) is 22.5. The van der Waals surface area contributed by atoms with Crippen LogP contribution in [0.2, 0.25) is 17.7 Å². The Morgan fingerprint density at radius 2 is 1.21 bits per heavy atom. The van der Waals surface area contributed by atoms with Crippen molar-refractivity contribution >= 4 is 56.3 Å². The van der Waals surface area contributed by atoms with Crippen molar-refractivity contribution in [2.75, 3.05) is 17.3 Å². The molecule has 86 valence electrons. The fourth-order valence-electron chi connectivity index (χ4n) is 2.01. The Labute approximate surface area is 110 Å². The van der Waals surface area contributed by atoms with Crippen LogP contribution in [-0.2, 0) is 0 Å². The molecule has 0 bridgehead atoms. The van der Waals surface area contributed by atoms with Crippen LogP contribution in [0.1, 0.15) is 19.8 Å². The van der Waals surface area contributed by atoms with Gasteiger partial charge in [0.2, 0.25) is 0 Å². The second kappa shape index (κ2) is 10.0. The van der Waals surface area contributed by atoms with E-state index in [-0.39, 0.29) is 0 Å². The molecule has 14 heavy (non-hydrogen) atoms. The van der Waals surface area contributed by atoms with Crippen LogP contribution in [0, 0.1) is 0 Å². The molecule has 0 aromatic heterocycles. The average Bonchev–Trinajstić information content (AvgIpc) is 2.16. The van der Waals surface area contributed by atoms with Gasteiger partial charge in [0.25, 0.3) is 0 Å². The molecule has 0 aliphatic heterocycles. The molecule has 0 atom stereocenters. The van der Waals surface area contributed by atoms with E-state index in [9.17, 15) is 0 Å². The fourth-order valence-corrected chi connectivity index (χ4v) is 23.1. The number of rotatable bonds is 9. The first kappa shape index (κ1) is 15.8. The molecule has 0 aromatic carbocycles. The minimum atomic E-state index is -1.82. The van der Waals surface area contributed by atoms with E-state index in [0.29, 0.717) is 0 Å². The second-order valence-corrected chi connectivity index (χ2v) is 19.6. The van der Waals surface area contributed by atoms with E-state index in [1.807, 2.05) is 0 Å². The van der Waals surface area contributed by atoms with E-state index in [0.717, 1.165) is 17.3 Å². The average molecular weight is 359 g/mol. The van der Waals surface area contributed by atoms with Crippen molar-refractivity contribution in [2.24, 2.45) is 0 Å². The maximum absolute atomic E-state index is 4.42. The molecular weight excluding hydrogens is 335 g/mol. The van der Waals surface area contributed by atoms with Crippen LogP contribution in [0.25, 0.3) is 0 Å². The molecular formula is C10H24S3Sn. The third kappa shape index (κ3) is 6.44. The minimum absolute atomic E-state index is 1.08. The van der Waals surface area contributed by atoms with Gasteiger partial charge in [-0.25, -0.2) is 0 Å². The number of thiol groups is 3. The molecule has 0 aliphatic rings. The van der Waals surface area contributed by atoms with Gasteiger partial charge in [0.05, 0.1) is 0 Å². The van der Waals surface area contributed by atoms with Crippen molar-refractivity contribution in [3.63, 3.8) is 0 Å². The van der Waals surface area contributed by atoms with Crippen LogP contribution >= 0.6 is 37.9 Å². The van der Waals surface area contributed by atoms with Crippen LogP contribution in [0.5, 0.6) is 0 Å². The van der Waals surface area contributed by atoms with E-state index in [4.69, 9.17) is 0 Å². The van der Waals surface area contributed by atoms with Crippen LogP contribution in [0.15, 0.2) is 0 Å². The van der Waals surface area contributed by atoms with E-state index in [1.54, 1.807) is 0 Å². The third-order valence-electron chi connectivity index (χ3n) is 2.99. The van der Waals surface area contributed by atoms with Gasteiger partial charge in [0, 0.05) is 0 Å². The molecule has 0 aromatic rings. The van der Waals surface area contributed by atoms with Crippen molar-refractivity contribution in [2.45, 2.75) is 37.5 Å². The van der Waals surface area contributed by atoms with Crippen molar-refractivity contribution < 1.29 is 0 Å². The zero-order valence-corrected chi connectivity index (χ0v) is 14.7. The molecule has 0 fully saturated rings. The van der Waals surface area contributed by atoms with Gasteiger partial charge in [0.15, 0.2) is 0 Å². The molecule has 0 radical (unpaired) electrons. The van der Waals surface area contributed by atoms with Gasteiger partial charge < -0.3 is 0 Å². The number of unbranched alkanes of at least 4 members (excludes halogenated alkanes) is 1. The summed E-state index contributed by atoms with van der Waals surface area (Å²) in [6, 6.07) is 0. The molecule has 0 saturated carbocycles. The summed E-state index contributed by atoms with van der Waals surface area (Å²) >= 11 is 11.4. The van der Waals surface area contributed by atoms with Crippen molar-refractivity contribution in [1.29, 1.82) is 0 Å². The van der Waals surface area contributed by atoms with Gasteiger partial charge in [-0.05, 0) is 0 Å². The molecule has 0 amide bonds. The summed E-state index contributed by atoms with van der Waals surface area (Å²) in [6.45, 7) is 2.29. The summed E-state index contributed by atoms with van der Waals surface area (Å²) in [5, 5.41) is 0. The first-order chi connectivity index (χ1) is 6.74. The first-order valence-electron chi connectivity index (χ1n) is 5.57. The van der Waals surface area contributed by atoms with Gasteiger partial charge >= 0.3 is 111 Å². The topological polar surface area (TPSA) is 0 Å². The Morgan fingerprint density at radius 1 is 0.786 bits per heavy atom. The summed E-state index contributed by atoms with van der Waals surface area (Å²) in [6.07, 6.45) is 2.76. The van der Waals surface area contributed by atoms with Crippen LogP contribution < -0.4 is 0 Å². The van der Waals surface area contributed by atoms with E-state index in [2.05, 4.69) is 44.8 Å². The first-order valence-corrected chi connectivity index (χ1v) is 15.5. The predicted octanol–water partition coefficient (Wildman–Crippen LogP) is 4.02. The van der Waals surface area contributed by atoms with E-state index >= 15 is 0 Å². The molecule has 0 rings (SSSR count). The van der Waals surface area contributed by atoms with Gasteiger partial charge in [0.1, 0.15) is 0 Å². The quantitative estimate of drug-likeness (QED) is 0.402. The molecule has 0 saturated heterocycles. The zero-order valence-electron chi connectivity index (χ0n) is 9.21. The Kier molecular flexibility index (Phi) is 11.4. The predicted molar refractivity (Wildman–Crippen MR) is 81.4 cm³/mol. The normalized spacial score (nSPS) is 12.0.